The molecule has 0 saturated heterocycles. The van der Waals surface area contributed by atoms with Crippen LogP contribution in [0.1, 0.15) is 0 Å². The van der Waals surface area contributed by atoms with E-state index >= 15 is 0 Å². The zero-order valence-corrected chi connectivity index (χ0v) is 14.5. The molecule has 0 atom stereocenters. The lowest BCUT2D eigenvalue weighted by molar-refractivity contribution is 0.489. The molecular formula is C12H6Cl3O2PS2. The highest BCUT2D eigenvalue weighted by Gasteiger charge is 2.26. The summed E-state index contributed by atoms with van der Waals surface area (Å²) in [6.45, 7) is 0. The third-order valence-corrected chi connectivity index (χ3v) is 5.69. The maximum Gasteiger partial charge on any atom is 0.384 e. The Balaban J connectivity index is 2.18. The fourth-order valence-electron chi connectivity index (χ4n) is 1.65. The van der Waals surface area contributed by atoms with Gasteiger partial charge < -0.3 is 9.05 Å². The van der Waals surface area contributed by atoms with Crippen LogP contribution >= 0.6 is 52.0 Å². The Bertz CT molecular complexity index is 681. The third-order valence-electron chi connectivity index (χ3n) is 2.45. The highest BCUT2D eigenvalue weighted by atomic mass is 35.7. The predicted octanol–water partition coefficient (Wildman–Crippen LogP) is 6.38. The number of hydrogen-bond donors (Lipinski definition) is 0. The Morgan fingerprint density at radius 2 is 1.35 bits per heavy atom. The van der Waals surface area contributed by atoms with Gasteiger partial charge in [0.05, 0.1) is 9.79 Å². The molecule has 1 aliphatic rings. The van der Waals surface area contributed by atoms with Gasteiger partial charge in [0.15, 0.2) is 0 Å². The van der Waals surface area contributed by atoms with Crippen molar-refractivity contribution in [2.75, 3.05) is 0 Å². The average Bonchev–Trinajstić information content (AvgIpc) is 2.34. The molecule has 0 bridgehead atoms. The number of fused-ring (bicyclic) bond motifs is 2. The van der Waals surface area contributed by atoms with Gasteiger partial charge in [0.1, 0.15) is 11.5 Å². The molecule has 1 heterocycles. The van der Waals surface area contributed by atoms with Crippen LogP contribution in [0.2, 0.25) is 10.0 Å². The van der Waals surface area contributed by atoms with Gasteiger partial charge >= 0.3 is 5.84 Å². The first kappa shape index (κ1) is 14.8. The highest BCUT2D eigenvalue weighted by Crippen LogP contribution is 2.59. The summed E-state index contributed by atoms with van der Waals surface area (Å²) in [5, 5.41) is 1.21. The van der Waals surface area contributed by atoms with Crippen molar-refractivity contribution < 1.29 is 9.05 Å². The minimum Gasteiger partial charge on any atom is -0.423 e. The lowest BCUT2D eigenvalue weighted by atomic mass is 10.3. The quantitative estimate of drug-likeness (QED) is 0.491. The number of benzene rings is 2. The Labute approximate surface area is 140 Å². The molecule has 8 heteroatoms. The van der Waals surface area contributed by atoms with E-state index < -0.39 is 5.84 Å². The molecule has 2 aromatic rings. The summed E-state index contributed by atoms with van der Waals surface area (Å²) in [6.07, 6.45) is 0. The zero-order chi connectivity index (χ0) is 14.3. The van der Waals surface area contributed by atoms with E-state index in [4.69, 9.17) is 55.3 Å². The van der Waals surface area contributed by atoms with Crippen molar-refractivity contribution in [2.24, 2.45) is 0 Å². The van der Waals surface area contributed by atoms with Crippen molar-refractivity contribution in [2.45, 2.75) is 9.79 Å². The molecule has 0 radical (unpaired) electrons. The van der Waals surface area contributed by atoms with E-state index in [-0.39, 0.29) is 0 Å². The molecular weight excluding hydrogens is 378 g/mol. The summed E-state index contributed by atoms with van der Waals surface area (Å²) in [6, 6.07) is 10.5. The van der Waals surface area contributed by atoms with Gasteiger partial charge in [0, 0.05) is 21.9 Å². The minimum atomic E-state index is -2.95. The normalized spacial score (nSPS) is 15.9. The molecule has 1 aliphatic heterocycles. The molecule has 0 aromatic heterocycles. The predicted molar refractivity (Wildman–Crippen MR) is 88.4 cm³/mol. The smallest absolute Gasteiger partial charge is 0.384 e. The molecule has 20 heavy (non-hydrogen) atoms. The van der Waals surface area contributed by atoms with Crippen LogP contribution in [0.15, 0.2) is 46.2 Å². The second-order valence-electron chi connectivity index (χ2n) is 3.90. The fraction of sp³-hybridized carbons (Fsp3) is 0. The van der Waals surface area contributed by atoms with Crippen molar-refractivity contribution in [3.63, 3.8) is 0 Å². The summed E-state index contributed by atoms with van der Waals surface area (Å²) in [7, 11) is 0. The highest BCUT2D eigenvalue weighted by molar-refractivity contribution is 8.22. The number of halogens is 3. The van der Waals surface area contributed by atoms with Crippen molar-refractivity contribution in [1.29, 1.82) is 0 Å². The van der Waals surface area contributed by atoms with Crippen LogP contribution < -0.4 is 9.05 Å². The second kappa shape index (κ2) is 5.60. The lowest BCUT2D eigenvalue weighted by Crippen LogP contribution is -2.00. The van der Waals surface area contributed by atoms with Crippen LogP contribution in [0.3, 0.4) is 0 Å². The second-order valence-corrected chi connectivity index (χ2v) is 10.5. The van der Waals surface area contributed by atoms with Gasteiger partial charge in [0.2, 0.25) is 0 Å². The molecule has 2 aromatic carbocycles. The van der Waals surface area contributed by atoms with E-state index in [1.54, 1.807) is 36.4 Å². The molecule has 0 saturated carbocycles. The summed E-state index contributed by atoms with van der Waals surface area (Å²) in [5.74, 6) is -1.83. The van der Waals surface area contributed by atoms with Gasteiger partial charge in [-0.15, -0.1) is 0 Å². The van der Waals surface area contributed by atoms with Gasteiger partial charge in [-0.05, 0) is 47.6 Å². The Morgan fingerprint density at radius 3 is 1.80 bits per heavy atom. The first-order valence-corrected chi connectivity index (χ1v) is 10.5. The molecule has 3 rings (SSSR count). The van der Waals surface area contributed by atoms with Crippen LogP contribution in [0.25, 0.3) is 0 Å². The number of rotatable bonds is 0. The molecule has 0 spiro atoms. The molecule has 0 N–H and O–H groups in total. The Kier molecular flexibility index (Phi) is 4.15. The zero-order valence-electron chi connectivity index (χ0n) is 9.68. The van der Waals surface area contributed by atoms with E-state index in [1.165, 1.54) is 11.8 Å². The van der Waals surface area contributed by atoms with Gasteiger partial charge in [-0.2, -0.15) is 0 Å². The van der Waals surface area contributed by atoms with E-state index in [0.717, 1.165) is 9.79 Å². The summed E-state index contributed by atoms with van der Waals surface area (Å²) in [4.78, 5) is 1.64. The van der Waals surface area contributed by atoms with Crippen LogP contribution in [0.4, 0.5) is 0 Å². The van der Waals surface area contributed by atoms with Gasteiger partial charge in [-0.3, -0.25) is 0 Å². The van der Waals surface area contributed by atoms with Crippen LogP contribution in [-0.2, 0) is 11.8 Å². The molecule has 0 unspecified atom stereocenters. The van der Waals surface area contributed by atoms with Crippen molar-refractivity contribution in [3.8, 4) is 11.5 Å². The monoisotopic (exact) mass is 382 g/mol. The van der Waals surface area contributed by atoms with Crippen molar-refractivity contribution in [1.82, 2.24) is 0 Å². The van der Waals surface area contributed by atoms with E-state index in [2.05, 4.69) is 0 Å². The first-order valence-electron chi connectivity index (χ1n) is 5.39. The Morgan fingerprint density at radius 1 is 0.900 bits per heavy atom. The van der Waals surface area contributed by atoms with E-state index in [9.17, 15) is 0 Å². The van der Waals surface area contributed by atoms with Gasteiger partial charge in [-0.25, -0.2) is 0 Å². The fourth-order valence-corrected chi connectivity index (χ4v) is 5.03. The van der Waals surface area contributed by atoms with Crippen LogP contribution in [-0.4, -0.2) is 0 Å². The maximum atomic E-state index is 6.19. The minimum absolute atomic E-state index is 0.559. The van der Waals surface area contributed by atoms with Crippen molar-refractivity contribution in [3.05, 3.63) is 46.4 Å². The average molecular weight is 384 g/mol. The van der Waals surface area contributed by atoms with Crippen LogP contribution in [0, 0.1) is 0 Å². The lowest BCUT2D eigenvalue weighted by Gasteiger charge is -2.23. The molecule has 2 nitrogen and oxygen atoms in total. The summed E-state index contributed by atoms with van der Waals surface area (Å²) >= 11 is 24.9. The first-order chi connectivity index (χ1) is 9.43. The summed E-state index contributed by atoms with van der Waals surface area (Å²) in [5.41, 5.74) is 0. The van der Waals surface area contributed by atoms with E-state index in [1.807, 2.05) is 0 Å². The van der Waals surface area contributed by atoms with Gasteiger partial charge in [-0.1, -0.05) is 35.0 Å². The standard InChI is InChI=1S/C12H6Cl3O2PS2/c13-7-1-3-9-11(5-7)20-12-6-8(14)2-4-10(12)17-18(15,19)16-9/h1-6H. The Hall–Kier alpha value is -0.0900. The topological polar surface area (TPSA) is 18.5 Å². The van der Waals surface area contributed by atoms with Crippen molar-refractivity contribution >= 4 is 63.9 Å². The molecule has 104 valence electrons. The SMILES string of the molecule is S=P1(Cl)Oc2ccc(Cl)cc2Sc2cc(Cl)ccc2O1. The summed E-state index contributed by atoms with van der Waals surface area (Å²) < 4.78 is 11.2. The molecule has 0 aliphatic carbocycles. The maximum absolute atomic E-state index is 6.19. The van der Waals surface area contributed by atoms with E-state index in [0.29, 0.717) is 21.5 Å². The van der Waals surface area contributed by atoms with Crippen LogP contribution in [0.5, 0.6) is 11.5 Å². The number of hydrogen-bond acceptors (Lipinski definition) is 4. The molecule has 0 fully saturated rings. The van der Waals surface area contributed by atoms with Gasteiger partial charge in [0.25, 0.3) is 0 Å². The molecule has 0 amide bonds. The third kappa shape index (κ3) is 3.22. The largest absolute Gasteiger partial charge is 0.423 e.